The molecule has 2 aromatic rings. The predicted molar refractivity (Wildman–Crippen MR) is 73.4 cm³/mol. The Morgan fingerprint density at radius 3 is 2.75 bits per heavy atom. The lowest BCUT2D eigenvalue weighted by atomic mass is 10.1. The van der Waals surface area contributed by atoms with Crippen molar-refractivity contribution in [1.29, 1.82) is 0 Å². The van der Waals surface area contributed by atoms with E-state index in [4.69, 9.17) is 10.5 Å². The highest BCUT2D eigenvalue weighted by molar-refractivity contribution is 5.45. The third-order valence-electron chi connectivity index (χ3n) is 2.63. The first-order valence-electron chi connectivity index (χ1n) is 6.09. The Balaban J connectivity index is 1.86. The monoisotopic (exact) mass is 274 g/mol. The van der Waals surface area contributed by atoms with Gasteiger partial charge in [-0.25, -0.2) is 0 Å². The number of aryl methyl sites for hydroxylation is 1. The molecule has 2 N–H and O–H groups in total. The van der Waals surface area contributed by atoms with Gasteiger partial charge in [0, 0.05) is 12.4 Å². The maximum atomic E-state index is 10.7. The van der Waals surface area contributed by atoms with Crippen molar-refractivity contribution in [3.8, 4) is 5.88 Å². The zero-order valence-corrected chi connectivity index (χ0v) is 10.7. The largest absolute Gasteiger partial charge is 0.477 e. The second-order valence-corrected chi connectivity index (χ2v) is 4.15. The van der Waals surface area contributed by atoms with Gasteiger partial charge in [0.2, 0.25) is 5.88 Å². The van der Waals surface area contributed by atoms with Crippen LogP contribution in [0.3, 0.4) is 0 Å². The highest BCUT2D eigenvalue weighted by Crippen LogP contribution is 2.20. The first-order chi connectivity index (χ1) is 9.65. The number of ether oxygens (including phenoxy) is 1. The van der Waals surface area contributed by atoms with Crippen molar-refractivity contribution < 1.29 is 9.66 Å². The van der Waals surface area contributed by atoms with Crippen molar-refractivity contribution in [3.05, 3.63) is 52.3 Å². The Bertz CT molecular complexity index is 589. The fourth-order valence-corrected chi connectivity index (χ4v) is 1.69. The standard InChI is InChI=1S/C13H14N4O3/c14-12-8-11(17(18)19)9-13(16-12)20-7-1-2-10-3-5-15-6-4-10/h3-6,8-9H,1-2,7H2,(H2,14,16). The minimum absolute atomic E-state index is 0.0725. The van der Waals surface area contributed by atoms with E-state index < -0.39 is 4.92 Å². The molecule has 0 radical (unpaired) electrons. The number of nitro groups is 1. The number of hydrogen-bond acceptors (Lipinski definition) is 6. The summed E-state index contributed by atoms with van der Waals surface area (Å²) in [6.45, 7) is 0.413. The van der Waals surface area contributed by atoms with Crippen molar-refractivity contribution in [3.63, 3.8) is 0 Å². The van der Waals surface area contributed by atoms with Gasteiger partial charge in [0.15, 0.2) is 0 Å². The second kappa shape index (κ2) is 6.46. The van der Waals surface area contributed by atoms with Crippen molar-refractivity contribution in [2.75, 3.05) is 12.3 Å². The number of nitrogens with two attached hydrogens (primary N) is 1. The van der Waals surface area contributed by atoms with Crippen LogP contribution in [0.25, 0.3) is 0 Å². The first-order valence-corrected chi connectivity index (χ1v) is 6.09. The second-order valence-electron chi connectivity index (χ2n) is 4.15. The Hall–Kier alpha value is -2.70. The lowest BCUT2D eigenvalue weighted by Crippen LogP contribution is -2.03. The third kappa shape index (κ3) is 3.91. The molecule has 0 aromatic carbocycles. The summed E-state index contributed by atoms with van der Waals surface area (Å²) in [5, 5.41) is 10.7. The zero-order chi connectivity index (χ0) is 14.4. The van der Waals surface area contributed by atoms with Crippen molar-refractivity contribution in [1.82, 2.24) is 9.97 Å². The fraction of sp³-hybridized carbons (Fsp3) is 0.231. The highest BCUT2D eigenvalue weighted by Gasteiger charge is 2.10. The molecule has 0 aliphatic carbocycles. The van der Waals surface area contributed by atoms with Crippen LogP contribution in [0.4, 0.5) is 11.5 Å². The molecule has 0 bridgehead atoms. The maximum absolute atomic E-state index is 10.7. The summed E-state index contributed by atoms with van der Waals surface area (Å²) in [4.78, 5) is 18.0. The van der Waals surface area contributed by atoms with Crippen LogP contribution in [-0.2, 0) is 6.42 Å². The average Bonchev–Trinajstić information content (AvgIpc) is 2.44. The smallest absolute Gasteiger partial charge is 0.278 e. The first kappa shape index (κ1) is 13.7. The van der Waals surface area contributed by atoms with Crippen LogP contribution in [-0.4, -0.2) is 21.5 Å². The highest BCUT2D eigenvalue weighted by atomic mass is 16.6. The average molecular weight is 274 g/mol. The van der Waals surface area contributed by atoms with E-state index in [-0.39, 0.29) is 17.4 Å². The molecule has 0 saturated heterocycles. The molecule has 0 atom stereocenters. The summed E-state index contributed by atoms with van der Waals surface area (Å²) < 4.78 is 5.39. The van der Waals surface area contributed by atoms with Gasteiger partial charge in [-0.15, -0.1) is 0 Å². The molecular weight excluding hydrogens is 260 g/mol. The van der Waals surface area contributed by atoms with Crippen LogP contribution in [0.5, 0.6) is 5.88 Å². The maximum Gasteiger partial charge on any atom is 0.278 e. The summed E-state index contributed by atoms with van der Waals surface area (Å²) >= 11 is 0. The molecule has 2 heterocycles. The van der Waals surface area contributed by atoms with Crippen LogP contribution in [0.15, 0.2) is 36.7 Å². The van der Waals surface area contributed by atoms with E-state index in [9.17, 15) is 10.1 Å². The molecule has 0 saturated carbocycles. The molecule has 20 heavy (non-hydrogen) atoms. The molecule has 104 valence electrons. The molecule has 0 amide bonds. The van der Waals surface area contributed by atoms with Crippen LogP contribution in [0.1, 0.15) is 12.0 Å². The third-order valence-corrected chi connectivity index (χ3v) is 2.63. The van der Waals surface area contributed by atoms with E-state index in [1.165, 1.54) is 12.1 Å². The Morgan fingerprint density at radius 2 is 2.05 bits per heavy atom. The molecule has 0 aliphatic heterocycles. The van der Waals surface area contributed by atoms with Gasteiger partial charge >= 0.3 is 0 Å². The van der Waals surface area contributed by atoms with Gasteiger partial charge in [-0.2, -0.15) is 4.98 Å². The van der Waals surface area contributed by atoms with E-state index in [0.29, 0.717) is 6.61 Å². The van der Waals surface area contributed by atoms with Crippen LogP contribution in [0, 0.1) is 10.1 Å². The van der Waals surface area contributed by atoms with E-state index >= 15 is 0 Å². The Kier molecular flexibility index (Phi) is 4.43. The van der Waals surface area contributed by atoms with E-state index in [1.807, 2.05) is 12.1 Å². The fourth-order valence-electron chi connectivity index (χ4n) is 1.69. The molecule has 2 aromatic heterocycles. The molecule has 0 unspecified atom stereocenters. The van der Waals surface area contributed by atoms with Crippen LogP contribution in [0.2, 0.25) is 0 Å². The number of rotatable bonds is 6. The summed E-state index contributed by atoms with van der Waals surface area (Å²) in [5.41, 5.74) is 6.53. The minimum Gasteiger partial charge on any atom is -0.477 e. The van der Waals surface area contributed by atoms with Gasteiger partial charge in [-0.1, -0.05) is 0 Å². The lowest BCUT2D eigenvalue weighted by molar-refractivity contribution is -0.384. The van der Waals surface area contributed by atoms with Gasteiger partial charge in [0.1, 0.15) is 5.82 Å². The van der Waals surface area contributed by atoms with Crippen molar-refractivity contribution in [2.24, 2.45) is 0 Å². The molecule has 0 spiro atoms. The van der Waals surface area contributed by atoms with Crippen LogP contribution < -0.4 is 10.5 Å². The van der Waals surface area contributed by atoms with Gasteiger partial charge in [-0.05, 0) is 30.5 Å². The minimum atomic E-state index is -0.526. The van der Waals surface area contributed by atoms with Crippen molar-refractivity contribution >= 4 is 11.5 Å². The SMILES string of the molecule is Nc1cc([N+](=O)[O-])cc(OCCCc2ccncc2)n1. The number of aromatic nitrogens is 2. The Labute approximate surface area is 115 Å². The molecule has 2 rings (SSSR count). The predicted octanol–water partition coefficient (Wildman–Crippen LogP) is 1.98. The number of pyridine rings is 2. The molecule has 7 nitrogen and oxygen atoms in total. The normalized spacial score (nSPS) is 10.2. The summed E-state index contributed by atoms with van der Waals surface area (Å²) in [6.07, 6.45) is 5.08. The van der Waals surface area contributed by atoms with Crippen LogP contribution >= 0.6 is 0 Å². The summed E-state index contributed by atoms with van der Waals surface area (Å²) in [7, 11) is 0. The molecular formula is C13H14N4O3. The molecule has 0 fully saturated rings. The topological polar surface area (TPSA) is 104 Å². The zero-order valence-electron chi connectivity index (χ0n) is 10.7. The van der Waals surface area contributed by atoms with Gasteiger partial charge < -0.3 is 10.5 Å². The lowest BCUT2D eigenvalue weighted by Gasteiger charge is -2.06. The van der Waals surface area contributed by atoms with E-state index in [0.717, 1.165) is 18.4 Å². The number of nitrogen functional groups attached to an aromatic ring is 1. The number of anilines is 1. The van der Waals surface area contributed by atoms with Gasteiger partial charge in [0.05, 0.1) is 23.7 Å². The number of hydrogen-bond donors (Lipinski definition) is 1. The van der Waals surface area contributed by atoms with Crippen molar-refractivity contribution in [2.45, 2.75) is 12.8 Å². The molecule has 0 aliphatic rings. The summed E-state index contributed by atoms with van der Waals surface area (Å²) in [5.74, 6) is 0.245. The quantitative estimate of drug-likeness (QED) is 0.490. The summed E-state index contributed by atoms with van der Waals surface area (Å²) in [6, 6.07) is 6.33. The Morgan fingerprint density at radius 1 is 1.30 bits per heavy atom. The van der Waals surface area contributed by atoms with Gasteiger partial charge in [-0.3, -0.25) is 15.1 Å². The van der Waals surface area contributed by atoms with E-state index in [1.54, 1.807) is 12.4 Å². The van der Waals surface area contributed by atoms with Gasteiger partial charge in [0.25, 0.3) is 5.69 Å². The van der Waals surface area contributed by atoms with E-state index in [2.05, 4.69) is 9.97 Å². The number of nitrogens with zero attached hydrogens (tertiary/aromatic N) is 3. The molecule has 7 heteroatoms.